The molecule has 0 aliphatic heterocycles. The van der Waals surface area contributed by atoms with Crippen LogP contribution in [0.25, 0.3) is 0 Å². The maximum atomic E-state index is 13.1. The fourth-order valence-corrected chi connectivity index (χ4v) is 1.16. The average Bonchev–Trinajstić information content (AvgIpc) is 2.20. The van der Waals surface area contributed by atoms with Crippen molar-refractivity contribution in [2.75, 3.05) is 0 Å². The van der Waals surface area contributed by atoms with E-state index < -0.39 is 17.8 Å². The number of nitrogens with one attached hydrogen (secondary N) is 1. The maximum absolute atomic E-state index is 13.1. The van der Waals surface area contributed by atoms with Crippen LogP contribution in [0.1, 0.15) is 5.56 Å². The summed E-state index contributed by atoms with van der Waals surface area (Å²) < 4.78 is 13.1. The van der Waals surface area contributed by atoms with E-state index in [4.69, 9.17) is 5.11 Å². The van der Waals surface area contributed by atoms with Crippen LogP contribution in [0.15, 0.2) is 24.3 Å². The molecule has 1 unspecified atom stereocenters. The van der Waals surface area contributed by atoms with Crippen LogP contribution in [-0.4, -0.2) is 23.5 Å². The number of carbonyl (C=O) groups excluding carboxylic acids is 1. The van der Waals surface area contributed by atoms with Crippen molar-refractivity contribution in [2.24, 2.45) is 0 Å². The van der Waals surface area contributed by atoms with E-state index in [-0.39, 0.29) is 12.0 Å². The Morgan fingerprint density at radius 2 is 2.12 bits per heavy atom. The van der Waals surface area contributed by atoms with Crippen LogP contribution in [0.3, 0.4) is 0 Å². The van der Waals surface area contributed by atoms with Crippen LogP contribution in [0.4, 0.5) is 4.39 Å². The number of halogens is 1. The van der Waals surface area contributed by atoms with Crippen molar-refractivity contribution >= 4 is 12.4 Å². The molecule has 1 rings (SSSR count). The van der Waals surface area contributed by atoms with Gasteiger partial charge in [0.1, 0.15) is 11.9 Å². The maximum Gasteiger partial charge on any atom is 0.323 e. The molecule has 0 bridgehead atoms. The first kappa shape index (κ1) is 13.1. The van der Waals surface area contributed by atoms with Gasteiger partial charge in [-0.2, -0.15) is 6.41 Å². The first-order valence-electron chi connectivity index (χ1n) is 4.24. The Labute approximate surface area is 85.7 Å². The minimum absolute atomic E-state index is 0. The summed E-state index contributed by atoms with van der Waals surface area (Å²) in [4.78, 5) is 20.6. The van der Waals surface area contributed by atoms with Crippen LogP contribution in [0.2, 0.25) is 0 Å². The standard InChI is InChI=1S/C10H9FNO3.Fm/c11-8-4-2-1-3-7(8)5-9(10(14)15)12-6-13;/h1-4,9H,5H2,(H,12,13)(H,14,15);/q-1;. The van der Waals surface area contributed by atoms with Gasteiger partial charge in [-0.15, -0.1) is 0 Å². The fourth-order valence-electron chi connectivity index (χ4n) is 1.16. The SMILES string of the molecule is O=[C-]NC(Cc1ccccc1F)C(=O)O.[Fm]. The van der Waals surface area contributed by atoms with E-state index in [1.807, 2.05) is 5.32 Å². The molecule has 0 saturated heterocycles. The Hall–Kier alpha value is -2.91. The second kappa shape index (κ2) is 5.74. The van der Waals surface area contributed by atoms with Gasteiger partial charge in [-0.1, -0.05) is 18.2 Å². The Kier molecular flexibility index (Phi) is 4.70. The van der Waals surface area contributed by atoms with E-state index in [1.165, 1.54) is 24.6 Å². The van der Waals surface area contributed by atoms with Crippen LogP contribution in [0, 0.1) is 5.82 Å². The van der Waals surface area contributed by atoms with E-state index >= 15 is 0 Å². The van der Waals surface area contributed by atoms with E-state index in [0.29, 0.717) is 0 Å². The number of amides is 1. The van der Waals surface area contributed by atoms with Crippen molar-refractivity contribution in [1.29, 1.82) is 0 Å². The van der Waals surface area contributed by atoms with E-state index in [2.05, 4.69) is 0 Å². The molecular weight excluding hydrogens is 458 g/mol. The predicted molar refractivity (Wildman–Crippen MR) is 50.4 cm³/mol. The summed E-state index contributed by atoms with van der Waals surface area (Å²) in [6.07, 6.45) is 1.19. The van der Waals surface area contributed by atoms with Gasteiger partial charge in [0.2, 0.25) is 0 Å². The summed E-state index contributed by atoms with van der Waals surface area (Å²) in [5, 5.41) is 10.7. The molecule has 0 heterocycles. The van der Waals surface area contributed by atoms with Crippen LogP contribution in [-0.2, 0) is 16.0 Å². The molecule has 0 aromatic heterocycles. The topological polar surface area (TPSA) is 66.4 Å². The number of rotatable bonds is 5. The molecule has 0 saturated carbocycles. The van der Waals surface area contributed by atoms with Gasteiger partial charge in [0.25, 0.3) is 0 Å². The number of hydrogen-bond donors (Lipinski definition) is 2. The van der Waals surface area contributed by atoms with E-state index in [9.17, 15) is 14.0 Å². The first-order valence-corrected chi connectivity index (χ1v) is 4.24. The molecule has 0 radical (unpaired) electrons. The quantitative estimate of drug-likeness (QED) is 0.490. The van der Waals surface area contributed by atoms with Gasteiger partial charge in [0.15, 0.2) is 0 Å². The normalized spacial score (nSPS) is 11.1. The third-order valence-corrected chi connectivity index (χ3v) is 1.91. The number of benzene rings is 1. The molecule has 0 aliphatic carbocycles. The fraction of sp³-hybridized carbons (Fsp3) is 0.200. The number of carbonyl (C=O) groups is 1. The molecule has 1 amide bonds. The Morgan fingerprint density at radius 1 is 1.50 bits per heavy atom. The zero-order valence-corrected chi connectivity index (χ0v) is 10.4. The van der Waals surface area contributed by atoms with Gasteiger partial charge in [0, 0.05) is 6.42 Å². The molecule has 1 aromatic carbocycles. The average molecular weight is 467 g/mol. The molecule has 2 N–H and O–H groups in total. The van der Waals surface area contributed by atoms with Gasteiger partial charge >= 0.3 is 5.97 Å². The zero-order chi connectivity index (χ0) is 11.3. The summed E-state index contributed by atoms with van der Waals surface area (Å²) in [5.74, 6) is -1.71. The minimum atomic E-state index is -1.22. The third-order valence-electron chi connectivity index (χ3n) is 1.91. The summed E-state index contributed by atoms with van der Waals surface area (Å²) in [6.45, 7) is 0. The van der Waals surface area contributed by atoms with Crippen LogP contribution >= 0.6 is 0 Å². The molecule has 1 atom stereocenters. The van der Waals surface area contributed by atoms with Crippen LogP contribution < -0.4 is 5.32 Å². The Bertz CT molecular complexity index is 373. The number of carboxylic acid groups (broad SMARTS) is 1. The van der Waals surface area contributed by atoms with Crippen molar-refractivity contribution in [1.82, 2.24) is 5.32 Å². The monoisotopic (exact) mass is 467 g/mol. The summed E-state index contributed by atoms with van der Waals surface area (Å²) in [7, 11) is 0. The molecule has 4 nitrogen and oxygen atoms in total. The smallest absolute Gasteiger partial charge is 0.323 e. The molecule has 92 valence electrons. The summed E-state index contributed by atoms with van der Waals surface area (Å²) in [5.41, 5.74) is 0.243. The molecule has 6 heteroatoms. The van der Waals surface area contributed by atoms with Crippen LogP contribution in [0.5, 0.6) is 0 Å². The zero-order valence-electron chi connectivity index (χ0n) is 8.02. The molecule has 1 aromatic rings. The van der Waals surface area contributed by atoms with Crippen molar-refractivity contribution in [2.45, 2.75) is 12.5 Å². The first-order chi connectivity index (χ1) is 7.15. The van der Waals surface area contributed by atoms with Gasteiger partial charge in [-0.05, 0) is 11.6 Å². The summed E-state index contributed by atoms with van der Waals surface area (Å²) in [6, 6.07) is 4.66. The molecule has 16 heavy (non-hydrogen) atoms. The minimum Gasteiger partial charge on any atom is -0.520 e. The Balaban J connectivity index is 0.00000225. The largest absolute Gasteiger partial charge is 0.520 e. The van der Waals surface area contributed by atoms with Gasteiger partial charge < -0.3 is 15.2 Å². The second-order valence-corrected chi connectivity index (χ2v) is 2.93. The van der Waals surface area contributed by atoms with Gasteiger partial charge in [-0.25, -0.2) is 4.39 Å². The molecule has 0 spiro atoms. The third kappa shape index (κ3) is 3.10. The number of hydrogen-bond acceptors (Lipinski definition) is 2. The van der Waals surface area contributed by atoms with Gasteiger partial charge in [0.05, 0.1) is 0 Å². The molecular formula is C10H9FFmNO3-. The van der Waals surface area contributed by atoms with E-state index in [0.717, 1.165) is 0 Å². The van der Waals surface area contributed by atoms with Gasteiger partial charge in [-0.3, -0.25) is 4.79 Å². The number of carboxylic acids is 1. The van der Waals surface area contributed by atoms with Crippen molar-refractivity contribution < 1.29 is 19.1 Å². The van der Waals surface area contributed by atoms with Crippen molar-refractivity contribution in [3.8, 4) is 0 Å². The van der Waals surface area contributed by atoms with Crippen molar-refractivity contribution in [3.05, 3.63) is 35.6 Å². The second-order valence-electron chi connectivity index (χ2n) is 2.93. The predicted octanol–water partition coefficient (Wildman–Crippen LogP) is 0.478. The van der Waals surface area contributed by atoms with Crippen molar-refractivity contribution in [3.63, 3.8) is 0 Å². The summed E-state index contributed by atoms with van der Waals surface area (Å²) >= 11 is 0. The Morgan fingerprint density at radius 3 is 2.62 bits per heavy atom. The van der Waals surface area contributed by atoms with E-state index in [1.54, 1.807) is 6.07 Å². The molecule has 0 fully saturated rings. The number of aliphatic carboxylic acids is 1. The molecule has 0 aliphatic rings.